The van der Waals surface area contributed by atoms with Crippen LogP contribution in [0.2, 0.25) is 0 Å². The second-order valence-electron chi connectivity index (χ2n) is 5.55. The lowest BCUT2D eigenvalue weighted by atomic mass is 10.0. The first-order chi connectivity index (χ1) is 7.93. The maximum absolute atomic E-state index is 2.82. The number of hydrogen-bond acceptors (Lipinski definition) is 3. The summed E-state index contributed by atoms with van der Waals surface area (Å²) in [5, 5.41) is 0. The Hall–Kier alpha value is 0.270. The van der Waals surface area contributed by atoms with Crippen molar-refractivity contribution in [2.75, 3.05) is 37.7 Å². The molecule has 0 amide bonds. The van der Waals surface area contributed by atoms with Crippen molar-refractivity contribution in [3.8, 4) is 0 Å². The second kappa shape index (κ2) is 5.28. The van der Waals surface area contributed by atoms with E-state index in [-0.39, 0.29) is 0 Å². The second-order valence-corrected chi connectivity index (χ2v) is 6.70. The average Bonchev–Trinajstić information content (AvgIpc) is 2.75. The molecule has 0 radical (unpaired) electrons. The van der Waals surface area contributed by atoms with Gasteiger partial charge in [-0.15, -0.1) is 0 Å². The minimum atomic E-state index is 0.891. The molecular formula is C13H24N2S. The van der Waals surface area contributed by atoms with E-state index >= 15 is 0 Å². The number of fused-ring (bicyclic) bond motifs is 1. The Balaban J connectivity index is 1.63. The van der Waals surface area contributed by atoms with E-state index in [1.54, 1.807) is 0 Å². The molecule has 0 bridgehead atoms. The van der Waals surface area contributed by atoms with Gasteiger partial charge in [-0.05, 0) is 51.1 Å². The van der Waals surface area contributed by atoms with Gasteiger partial charge in [-0.3, -0.25) is 9.80 Å². The molecule has 0 aromatic rings. The molecule has 2 unspecified atom stereocenters. The Morgan fingerprint density at radius 3 is 2.56 bits per heavy atom. The molecule has 3 heterocycles. The zero-order valence-corrected chi connectivity index (χ0v) is 11.1. The van der Waals surface area contributed by atoms with Crippen LogP contribution in [-0.2, 0) is 0 Å². The summed E-state index contributed by atoms with van der Waals surface area (Å²) >= 11 is 2.16. The van der Waals surface area contributed by atoms with Crippen LogP contribution in [0, 0.1) is 0 Å². The molecule has 2 nitrogen and oxygen atoms in total. The van der Waals surface area contributed by atoms with E-state index in [1.165, 1.54) is 69.8 Å². The van der Waals surface area contributed by atoms with Gasteiger partial charge < -0.3 is 0 Å². The maximum atomic E-state index is 2.82. The van der Waals surface area contributed by atoms with Crippen LogP contribution in [0.1, 0.15) is 32.1 Å². The van der Waals surface area contributed by atoms with Crippen LogP contribution in [0.25, 0.3) is 0 Å². The number of thioether (sulfide) groups is 1. The highest BCUT2D eigenvalue weighted by atomic mass is 32.2. The summed E-state index contributed by atoms with van der Waals surface area (Å²) in [4.78, 5) is 5.58. The van der Waals surface area contributed by atoms with Crippen LogP contribution in [-0.4, -0.2) is 59.6 Å². The molecule has 3 rings (SSSR count). The third-order valence-electron chi connectivity index (χ3n) is 4.51. The summed E-state index contributed by atoms with van der Waals surface area (Å²) in [6.45, 7) is 5.46. The molecule has 0 aromatic heterocycles. The number of hydrogen-bond donors (Lipinski definition) is 0. The number of rotatable bonds is 1. The number of piperidine rings is 1. The fraction of sp³-hybridized carbons (Fsp3) is 1.00. The zero-order valence-electron chi connectivity index (χ0n) is 10.2. The third-order valence-corrected chi connectivity index (χ3v) is 5.65. The lowest BCUT2D eigenvalue weighted by Gasteiger charge is -2.36. The molecule has 0 aliphatic carbocycles. The maximum Gasteiger partial charge on any atom is 0.0223 e. The summed E-state index contributed by atoms with van der Waals surface area (Å²) in [5.74, 6) is 2.79. The van der Waals surface area contributed by atoms with Gasteiger partial charge in [-0.25, -0.2) is 0 Å². The Labute approximate surface area is 104 Å². The molecule has 3 aliphatic heterocycles. The fourth-order valence-corrected chi connectivity index (χ4v) is 4.80. The van der Waals surface area contributed by atoms with Gasteiger partial charge in [0.05, 0.1) is 0 Å². The molecule has 0 saturated carbocycles. The molecule has 92 valence electrons. The minimum absolute atomic E-state index is 0.891. The van der Waals surface area contributed by atoms with Crippen LogP contribution in [0.4, 0.5) is 0 Å². The normalized spacial score (nSPS) is 38.2. The third kappa shape index (κ3) is 2.41. The van der Waals surface area contributed by atoms with Gasteiger partial charge in [0.25, 0.3) is 0 Å². The minimum Gasteiger partial charge on any atom is -0.299 e. The lowest BCUT2D eigenvalue weighted by Crippen LogP contribution is -2.46. The van der Waals surface area contributed by atoms with Gasteiger partial charge >= 0.3 is 0 Å². The molecule has 16 heavy (non-hydrogen) atoms. The van der Waals surface area contributed by atoms with Gasteiger partial charge in [-0.1, -0.05) is 6.42 Å². The molecule has 3 aliphatic rings. The van der Waals surface area contributed by atoms with Gasteiger partial charge in [-0.2, -0.15) is 11.8 Å². The van der Waals surface area contributed by atoms with Gasteiger partial charge in [0.2, 0.25) is 0 Å². The molecule has 3 saturated heterocycles. The highest BCUT2D eigenvalue weighted by Crippen LogP contribution is 2.27. The van der Waals surface area contributed by atoms with E-state index in [1.807, 2.05) is 0 Å². The molecule has 2 atom stereocenters. The summed E-state index contributed by atoms with van der Waals surface area (Å²) in [6.07, 6.45) is 7.20. The largest absolute Gasteiger partial charge is 0.299 e. The Morgan fingerprint density at radius 1 is 0.812 bits per heavy atom. The van der Waals surface area contributed by atoms with Gasteiger partial charge in [0.1, 0.15) is 0 Å². The van der Waals surface area contributed by atoms with Crippen molar-refractivity contribution in [1.82, 2.24) is 9.80 Å². The molecular weight excluding hydrogens is 216 g/mol. The fourth-order valence-electron chi connectivity index (χ4n) is 3.54. The van der Waals surface area contributed by atoms with Crippen LogP contribution < -0.4 is 0 Å². The summed E-state index contributed by atoms with van der Waals surface area (Å²) in [5.41, 5.74) is 0. The van der Waals surface area contributed by atoms with E-state index in [0.717, 1.165) is 12.1 Å². The smallest absolute Gasteiger partial charge is 0.0223 e. The molecule has 3 heteroatoms. The van der Waals surface area contributed by atoms with Crippen LogP contribution in [0.15, 0.2) is 0 Å². The van der Waals surface area contributed by atoms with E-state index < -0.39 is 0 Å². The van der Waals surface area contributed by atoms with Crippen LogP contribution >= 0.6 is 11.8 Å². The first kappa shape index (κ1) is 11.4. The van der Waals surface area contributed by atoms with Crippen molar-refractivity contribution in [2.45, 2.75) is 44.2 Å². The summed E-state index contributed by atoms with van der Waals surface area (Å²) in [7, 11) is 0. The van der Waals surface area contributed by atoms with Crippen molar-refractivity contribution in [3.63, 3.8) is 0 Å². The summed E-state index contributed by atoms with van der Waals surface area (Å²) in [6, 6.07) is 1.80. The summed E-state index contributed by atoms with van der Waals surface area (Å²) < 4.78 is 0. The quantitative estimate of drug-likeness (QED) is 0.693. The Kier molecular flexibility index (Phi) is 3.75. The van der Waals surface area contributed by atoms with Crippen molar-refractivity contribution in [2.24, 2.45) is 0 Å². The van der Waals surface area contributed by atoms with Gasteiger partial charge in [0, 0.05) is 24.4 Å². The molecule has 3 fully saturated rings. The lowest BCUT2D eigenvalue weighted by molar-refractivity contribution is 0.124. The topological polar surface area (TPSA) is 6.48 Å². The van der Waals surface area contributed by atoms with Crippen LogP contribution in [0.3, 0.4) is 0 Å². The standard InChI is InChI=1S/C13H24N2S/c1-2-6-14-7-3-8-15(10-12(14)4-1)13-5-9-16-11-13/h12-13H,1-11H2. The molecule has 0 N–H and O–H groups in total. The highest BCUT2D eigenvalue weighted by molar-refractivity contribution is 7.99. The zero-order chi connectivity index (χ0) is 10.8. The van der Waals surface area contributed by atoms with Crippen molar-refractivity contribution >= 4 is 11.8 Å². The number of nitrogens with zero attached hydrogens (tertiary/aromatic N) is 2. The van der Waals surface area contributed by atoms with Crippen molar-refractivity contribution in [3.05, 3.63) is 0 Å². The monoisotopic (exact) mass is 240 g/mol. The van der Waals surface area contributed by atoms with Crippen molar-refractivity contribution < 1.29 is 0 Å². The van der Waals surface area contributed by atoms with E-state index in [2.05, 4.69) is 21.6 Å². The Bertz CT molecular complexity index is 228. The predicted molar refractivity (Wildman–Crippen MR) is 71.1 cm³/mol. The average molecular weight is 240 g/mol. The predicted octanol–water partition coefficient (Wildman–Crippen LogP) is 2.05. The molecule has 0 spiro atoms. The van der Waals surface area contributed by atoms with Gasteiger partial charge in [0.15, 0.2) is 0 Å². The van der Waals surface area contributed by atoms with E-state index in [0.29, 0.717) is 0 Å². The van der Waals surface area contributed by atoms with Crippen LogP contribution in [0.5, 0.6) is 0 Å². The highest BCUT2D eigenvalue weighted by Gasteiger charge is 2.31. The first-order valence-corrected chi connectivity index (χ1v) is 8.15. The SMILES string of the molecule is C1CCN2CCCN(C3CCSC3)CC2C1. The van der Waals surface area contributed by atoms with E-state index in [4.69, 9.17) is 0 Å². The molecule has 0 aromatic carbocycles. The van der Waals surface area contributed by atoms with Crippen molar-refractivity contribution in [1.29, 1.82) is 0 Å². The van der Waals surface area contributed by atoms with E-state index in [9.17, 15) is 0 Å². The first-order valence-electron chi connectivity index (χ1n) is 6.99. The Morgan fingerprint density at radius 2 is 1.69 bits per heavy atom.